The molecule has 0 saturated carbocycles. The number of carbonyl (C=O) groups is 1. The summed E-state index contributed by atoms with van der Waals surface area (Å²) in [4.78, 5) is 16.4. The first-order valence-corrected chi connectivity index (χ1v) is 8.83. The van der Waals surface area contributed by atoms with Crippen molar-refractivity contribution in [3.63, 3.8) is 0 Å². The molecular weight excluding hydrogens is 446 g/mol. The number of amides is 1. The van der Waals surface area contributed by atoms with Gasteiger partial charge in [0, 0.05) is 5.02 Å². The van der Waals surface area contributed by atoms with Gasteiger partial charge in [-0.25, -0.2) is 4.98 Å². The Morgan fingerprint density at radius 2 is 1.93 bits per heavy atom. The number of hydrogen-bond acceptors (Lipinski definition) is 6. The first-order valence-electron chi connectivity index (χ1n) is 7.17. The largest absolute Gasteiger partial charge is 1.00 e. The number of alkyl halides is 3. The predicted molar refractivity (Wildman–Crippen MR) is 102 cm³/mol. The molecule has 0 bridgehead atoms. The van der Waals surface area contributed by atoms with Crippen molar-refractivity contribution in [1.29, 1.82) is 0 Å². The van der Waals surface area contributed by atoms with E-state index in [2.05, 4.69) is 28.3 Å². The number of fused-ring (bicyclic) bond motifs is 1. The van der Waals surface area contributed by atoms with Crippen LogP contribution in [0, 0.1) is 6.92 Å². The molecule has 0 radical (unpaired) electrons. The number of aryl methyl sites for hydroxylation is 1. The molecule has 1 aromatic heterocycles. The molecule has 0 saturated heterocycles. The number of phenols is 1. The minimum Gasteiger partial charge on any atom is -0.709 e. The van der Waals surface area contributed by atoms with E-state index in [1.54, 1.807) is 6.92 Å². The van der Waals surface area contributed by atoms with Crippen LogP contribution in [-0.2, 0) is 19.0 Å². The quantitative estimate of drug-likeness (QED) is 0.402. The molecule has 0 atom stereocenters. The minimum atomic E-state index is -4.45. The molecule has 1 amide bonds. The fraction of sp³-hybridized carbons (Fsp3) is 0.125. The van der Waals surface area contributed by atoms with Crippen LogP contribution >= 0.6 is 22.9 Å². The topological polar surface area (TPSA) is 88.2 Å². The average Bonchev–Trinajstić information content (AvgIpc) is 3.00. The summed E-state index contributed by atoms with van der Waals surface area (Å²) >= 11 is 10.4. The first-order chi connectivity index (χ1) is 12.6. The molecule has 3 rings (SSSR count). The Morgan fingerprint density at radius 3 is 2.54 bits per heavy atom. The van der Waals surface area contributed by atoms with Gasteiger partial charge in [-0.2, -0.15) is 13.2 Å². The first kappa shape index (κ1) is 25.0. The fourth-order valence-electron chi connectivity index (χ4n) is 2.23. The Kier molecular flexibility index (Phi) is 9.07. The summed E-state index contributed by atoms with van der Waals surface area (Å²) in [5.74, 6) is -0.874. The molecule has 4 N–H and O–H groups in total. The van der Waals surface area contributed by atoms with Gasteiger partial charge in [0.25, 0.3) is 5.91 Å². The Bertz CT molecular complexity index is 999. The number of nitrogens with one attached hydrogen (secondary N) is 1. The number of nitrogens with two attached hydrogens (primary N) is 1. The van der Waals surface area contributed by atoms with Crippen LogP contribution in [0.3, 0.4) is 0 Å². The maximum Gasteiger partial charge on any atom is 1.00 e. The SMILES string of the molecule is Cc1cc(Cl)cc(C(=O)Nc2nc3ccc(C(F)(F)F)cc3s2)c1O.N[S-].[Na+]. The van der Waals surface area contributed by atoms with Crippen molar-refractivity contribution in [3.8, 4) is 5.75 Å². The molecule has 28 heavy (non-hydrogen) atoms. The molecule has 2 aromatic carbocycles. The molecule has 144 valence electrons. The molecule has 0 fully saturated rings. The third-order valence-electron chi connectivity index (χ3n) is 3.45. The molecule has 5 nitrogen and oxygen atoms in total. The van der Waals surface area contributed by atoms with Gasteiger partial charge in [-0.05, 0) is 42.8 Å². The van der Waals surface area contributed by atoms with Crippen molar-refractivity contribution in [3.05, 3.63) is 52.0 Å². The molecular formula is C16H12ClF3N3NaO2S2. The fourth-order valence-corrected chi connectivity index (χ4v) is 3.40. The van der Waals surface area contributed by atoms with Crippen LogP contribution in [0.2, 0.25) is 5.02 Å². The van der Waals surface area contributed by atoms with E-state index in [4.69, 9.17) is 11.6 Å². The number of thiazole rings is 1. The van der Waals surface area contributed by atoms with Crippen molar-refractivity contribution in [2.75, 3.05) is 5.32 Å². The van der Waals surface area contributed by atoms with Gasteiger partial charge >= 0.3 is 35.7 Å². The molecule has 0 unspecified atom stereocenters. The van der Waals surface area contributed by atoms with E-state index >= 15 is 0 Å². The third kappa shape index (κ3) is 5.76. The van der Waals surface area contributed by atoms with Crippen LogP contribution in [-0.4, -0.2) is 16.0 Å². The summed E-state index contributed by atoms with van der Waals surface area (Å²) in [6.45, 7) is 1.59. The number of anilines is 1. The van der Waals surface area contributed by atoms with E-state index < -0.39 is 17.6 Å². The van der Waals surface area contributed by atoms with Crippen molar-refractivity contribution in [2.24, 2.45) is 5.14 Å². The second-order valence-electron chi connectivity index (χ2n) is 5.27. The van der Waals surface area contributed by atoms with Gasteiger partial charge in [-0.15, -0.1) is 0 Å². The Morgan fingerprint density at radius 1 is 1.29 bits per heavy atom. The minimum absolute atomic E-state index is 0. The molecule has 0 aliphatic carbocycles. The van der Waals surface area contributed by atoms with Crippen LogP contribution < -0.4 is 40.0 Å². The predicted octanol–water partition coefficient (Wildman–Crippen LogP) is 1.65. The zero-order valence-electron chi connectivity index (χ0n) is 14.6. The van der Waals surface area contributed by atoms with Gasteiger partial charge in [-0.3, -0.25) is 10.1 Å². The second kappa shape index (κ2) is 10.1. The second-order valence-corrected chi connectivity index (χ2v) is 6.74. The number of aromatic hydroxyl groups is 1. The summed E-state index contributed by atoms with van der Waals surface area (Å²) in [6.07, 6.45) is -4.45. The number of halogens is 4. The summed E-state index contributed by atoms with van der Waals surface area (Å²) in [5.41, 5.74) is -0.0681. The van der Waals surface area contributed by atoms with Crippen molar-refractivity contribution < 1.29 is 52.6 Å². The molecule has 1 heterocycles. The number of hydrogen-bond donors (Lipinski definition) is 3. The van der Waals surface area contributed by atoms with E-state index in [9.17, 15) is 23.1 Å². The molecule has 0 spiro atoms. The van der Waals surface area contributed by atoms with Crippen LogP contribution in [0.4, 0.5) is 18.3 Å². The van der Waals surface area contributed by atoms with Crippen molar-refractivity contribution in [2.45, 2.75) is 13.1 Å². The number of benzene rings is 2. The Labute approximate surface area is 194 Å². The van der Waals surface area contributed by atoms with E-state index in [-0.39, 0.29) is 55.7 Å². The third-order valence-corrected chi connectivity index (χ3v) is 4.60. The van der Waals surface area contributed by atoms with Crippen molar-refractivity contribution >= 4 is 57.0 Å². The van der Waals surface area contributed by atoms with E-state index in [0.29, 0.717) is 11.1 Å². The number of phenolic OH excluding ortho intramolecular Hbond substituents is 1. The summed E-state index contributed by atoms with van der Waals surface area (Å²) in [5, 5.41) is 16.9. The standard InChI is InChI=1S/C16H10ClF3N2O2S.H2NS.Na/c1-7-4-9(17)6-10(13(7)23)14(24)22-15-21-11-3-2-8(16(18,19)20)5-12(11)25-15;1-2;/h2-6,23H,1H3,(H,21,22,24);1H2;/q;-1;+1. The normalized spacial score (nSPS) is 10.7. The van der Waals surface area contributed by atoms with Gasteiger partial charge in [0.2, 0.25) is 0 Å². The average molecular weight is 458 g/mol. The van der Waals surface area contributed by atoms with E-state index in [1.165, 1.54) is 18.2 Å². The van der Waals surface area contributed by atoms with Gasteiger partial charge in [-0.1, -0.05) is 22.9 Å². The molecule has 3 aromatic rings. The number of rotatable bonds is 2. The Balaban J connectivity index is 0.00000127. The summed E-state index contributed by atoms with van der Waals surface area (Å²) < 4.78 is 38.5. The smallest absolute Gasteiger partial charge is 0.709 e. The Hall–Kier alpha value is -1.01. The van der Waals surface area contributed by atoms with Crippen LogP contribution in [0.1, 0.15) is 21.5 Å². The zero-order chi connectivity index (χ0) is 20.4. The van der Waals surface area contributed by atoms with Crippen molar-refractivity contribution in [1.82, 2.24) is 4.98 Å². The van der Waals surface area contributed by atoms with Crippen LogP contribution in [0.25, 0.3) is 10.2 Å². The maximum absolute atomic E-state index is 12.7. The molecule has 0 aliphatic rings. The number of aromatic nitrogens is 1. The molecule has 12 heteroatoms. The van der Waals surface area contributed by atoms with Gasteiger partial charge < -0.3 is 23.1 Å². The van der Waals surface area contributed by atoms with Gasteiger partial charge in [0.15, 0.2) is 5.13 Å². The monoisotopic (exact) mass is 457 g/mol. The summed E-state index contributed by atoms with van der Waals surface area (Å²) in [7, 11) is 0. The summed E-state index contributed by atoms with van der Waals surface area (Å²) in [6, 6.07) is 5.95. The van der Waals surface area contributed by atoms with Crippen LogP contribution in [0.5, 0.6) is 5.75 Å². The van der Waals surface area contributed by atoms with E-state index in [1.807, 2.05) is 0 Å². The zero-order valence-corrected chi connectivity index (χ0v) is 19.0. The van der Waals surface area contributed by atoms with Crippen LogP contribution in [0.15, 0.2) is 30.3 Å². The maximum atomic E-state index is 12.7. The van der Waals surface area contributed by atoms with Gasteiger partial charge in [0.05, 0.1) is 21.3 Å². The molecule has 0 aliphatic heterocycles. The van der Waals surface area contributed by atoms with E-state index in [0.717, 1.165) is 23.5 Å². The number of carbonyl (C=O) groups excluding carboxylic acids is 1. The number of nitrogens with zero attached hydrogens (tertiary/aromatic N) is 1. The van der Waals surface area contributed by atoms with Gasteiger partial charge in [0.1, 0.15) is 5.75 Å².